The predicted molar refractivity (Wildman–Crippen MR) is 55.6 cm³/mol. The summed E-state index contributed by atoms with van der Waals surface area (Å²) in [4.78, 5) is 11.1. The molecule has 0 spiro atoms. The third kappa shape index (κ3) is 3.23. The number of alkyl halides is 3. The second kappa shape index (κ2) is 4.45. The summed E-state index contributed by atoms with van der Waals surface area (Å²) in [6.45, 7) is 2.92. The van der Waals surface area contributed by atoms with Crippen LogP contribution in [0.3, 0.4) is 0 Å². The predicted octanol–water partition coefficient (Wildman–Crippen LogP) is 3.86. The van der Waals surface area contributed by atoms with E-state index in [2.05, 4.69) is 20.7 Å². The van der Waals surface area contributed by atoms with Crippen molar-refractivity contribution in [3.05, 3.63) is 27.7 Å². The molecule has 1 rings (SSSR count). The number of hydrogen-bond donors (Lipinski definition) is 0. The summed E-state index contributed by atoms with van der Waals surface area (Å²) in [7, 11) is 0. The number of aryl methyl sites for hydroxylation is 1. The van der Waals surface area contributed by atoms with Crippen molar-refractivity contribution >= 4 is 21.7 Å². The van der Waals surface area contributed by atoms with Crippen molar-refractivity contribution in [2.45, 2.75) is 20.2 Å². The molecule has 6 heteroatoms. The molecule has 0 aliphatic rings. The van der Waals surface area contributed by atoms with Crippen LogP contribution in [0.15, 0.2) is 16.6 Å². The van der Waals surface area contributed by atoms with Crippen molar-refractivity contribution in [3.8, 4) is 5.75 Å². The van der Waals surface area contributed by atoms with Gasteiger partial charge in [0.25, 0.3) is 0 Å². The molecule has 0 aliphatic heterocycles. The Bertz CT molecular complexity index is 427. The Labute approximate surface area is 98.5 Å². The number of hydrogen-bond acceptors (Lipinski definition) is 2. The van der Waals surface area contributed by atoms with E-state index in [0.717, 1.165) is 6.07 Å². The SMILES string of the molecule is CC(=O)c1cc(OC(F)(F)F)c(Br)cc1C. The Morgan fingerprint density at radius 2 is 1.94 bits per heavy atom. The lowest BCUT2D eigenvalue weighted by Gasteiger charge is -2.12. The van der Waals surface area contributed by atoms with Gasteiger partial charge in [-0.3, -0.25) is 4.79 Å². The zero-order valence-electron chi connectivity index (χ0n) is 8.48. The number of Topliss-reactive ketones (excluding diaryl/α,β-unsaturated/α-hetero) is 1. The molecular weight excluding hydrogens is 289 g/mol. The molecule has 0 amide bonds. The van der Waals surface area contributed by atoms with Crippen LogP contribution in [0.1, 0.15) is 22.8 Å². The maximum Gasteiger partial charge on any atom is 0.573 e. The summed E-state index contributed by atoms with van der Waals surface area (Å²) in [6.07, 6.45) is -4.77. The Kier molecular flexibility index (Phi) is 3.62. The average molecular weight is 297 g/mol. The van der Waals surface area contributed by atoms with Crippen LogP contribution in [0.25, 0.3) is 0 Å². The number of halogens is 4. The Morgan fingerprint density at radius 3 is 2.38 bits per heavy atom. The van der Waals surface area contributed by atoms with Gasteiger partial charge in [0.05, 0.1) is 4.47 Å². The molecule has 0 atom stereocenters. The molecule has 2 nitrogen and oxygen atoms in total. The van der Waals surface area contributed by atoms with Crippen LogP contribution >= 0.6 is 15.9 Å². The highest BCUT2D eigenvalue weighted by Crippen LogP contribution is 2.32. The van der Waals surface area contributed by atoms with E-state index in [9.17, 15) is 18.0 Å². The van der Waals surface area contributed by atoms with E-state index in [0.29, 0.717) is 5.56 Å². The fourth-order valence-electron chi connectivity index (χ4n) is 1.24. The molecule has 0 heterocycles. The molecule has 0 saturated heterocycles. The number of carbonyl (C=O) groups is 1. The van der Waals surface area contributed by atoms with Crippen LogP contribution in [0, 0.1) is 6.92 Å². The molecule has 0 aliphatic carbocycles. The lowest BCUT2D eigenvalue weighted by molar-refractivity contribution is -0.274. The number of carbonyl (C=O) groups excluding carboxylic acids is 1. The molecule has 0 unspecified atom stereocenters. The van der Waals surface area contributed by atoms with Crippen LogP contribution in [0.4, 0.5) is 13.2 Å². The highest BCUT2D eigenvalue weighted by atomic mass is 79.9. The van der Waals surface area contributed by atoms with Gasteiger partial charge in [-0.25, -0.2) is 0 Å². The lowest BCUT2D eigenvalue weighted by Crippen LogP contribution is -2.17. The van der Waals surface area contributed by atoms with Crippen molar-refractivity contribution in [2.75, 3.05) is 0 Å². The molecule has 0 bridgehead atoms. The second-order valence-corrected chi connectivity index (χ2v) is 4.06. The Balaban J connectivity index is 3.20. The summed E-state index contributed by atoms with van der Waals surface area (Å²) >= 11 is 2.95. The van der Waals surface area contributed by atoms with Crippen LogP contribution in [-0.2, 0) is 0 Å². The number of ether oxygens (including phenoxy) is 1. The first-order valence-electron chi connectivity index (χ1n) is 4.27. The fraction of sp³-hybridized carbons (Fsp3) is 0.300. The van der Waals surface area contributed by atoms with Crippen LogP contribution in [0.2, 0.25) is 0 Å². The highest BCUT2D eigenvalue weighted by molar-refractivity contribution is 9.10. The molecule has 0 aromatic heterocycles. The van der Waals surface area contributed by atoms with E-state index >= 15 is 0 Å². The van der Waals surface area contributed by atoms with Gasteiger partial charge in [0, 0.05) is 5.56 Å². The molecule has 0 N–H and O–H groups in total. The monoisotopic (exact) mass is 296 g/mol. The second-order valence-electron chi connectivity index (χ2n) is 3.20. The summed E-state index contributed by atoms with van der Waals surface area (Å²) < 4.78 is 40.0. The first-order chi connectivity index (χ1) is 7.20. The minimum absolute atomic E-state index is 0.160. The molecule has 16 heavy (non-hydrogen) atoms. The van der Waals surface area contributed by atoms with E-state index in [1.54, 1.807) is 6.92 Å². The minimum Gasteiger partial charge on any atom is -0.405 e. The van der Waals surface area contributed by atoms with E-state index < -0.39 is 12.1 Å². The van der Waals surface area contributed by atoms with Gasteiger partial charge in [-0.15, -0.1) is 13.2 Å². The summed E-state index contributed by atoms with van der Waals surface area (Å²) in [5.41, 5.74) is 0.802. The molecule has 0 radical (unpaired) electrons. The third-order valence-electron chi connectivity index (χ3n) is 1.88. The van der Waals surface area contributed by atoms with Gasteiger partial charge in [-0.05, 0) is 47.5 Å². The number of benzene rings is 1. The van der Waals surface area contributed by atoms with Gasteiger partial charge in [-0.2, -0.15) is 0 Å². The van der Waals surface area contributed by atoms with Crippen molar-refractivity contribution in [1.29, 1.82) is 0 Å². The van der Waals surface area contributed by atoms with Crippen LogP contribution in [0.5, 0.6) is 5.75 Å². The molecule has 0 fully saturated rings. The maximum absolute atomic E-state index is 12.0. The van der Waals surface area contributed by atoms with Crippen molar-refractivity contribution in [1.82, 2.24) is 0 Å². The van der Waals surface area contributed by atoms with Crippen molar-refractivity contribution in [2.24, 2.45) is 0 Å². The quantitative estimate of drug-likeness (QED) is 0.775. The standard InChI is InChI=1S/C10H8BrF3O2/c1-5-3-8(11)9(16-10(12,13)14)4-7(5)6(2)15/h3-4H,1-2H3. The zero-order valence-corrected chi connectivity index (χ0v) is 10.1. The topological polar surface area (TPSA) is 26.3 Å². The van der Waals surface area contributed by atoms with Crippen LogP contribution in [-0.4, -0.2) is 12.1 Å². The third-order valence-corrected chi connectivity index (χ3v) is 2.50. The van der Waals surface area contributed by atoms with E-state index in [1.165, 1.54) is 13.0 Å². The first kappa shape index (κ1) is 13.0. The molecular formula is C10H8BrF3O2. The van der Waals surface area contributed by atoms with Crippen molar-refractivity contribution < 1.29 is 22.7 Å². The van der Waals surface area contributed by atoms with E-state index in [1.807, 2.05) is 0 Å². The minimum atomic E-state index is -4.77. The first-order valence-corrected chi connectivity index (χ1v) is 5.07. The highest BCUT2D eigenvalue weighted by Gasteiger charge is 2.32. The van der Waals surface area contributed by atoms with Crippen LogP contribution < -0.4 is 4.74 Å². The number of rotatable bonds is 2. The van der Waals surface area contributed by atoms with Gasteiger partial charge < -0.3 is 4.74 Å². The van der Waals surface area contributed by atoms with Gasteiger partial charge in [0.2, 0.25) is 0 Å². The molecule has 88 valence electrons. The molecule has 1 aromatic carbocycles. The van der Waals surface area contributed by atoms with E-state index in [-0.39, 0.29) is 15.8 Å². The Morgan fingerprint density at radius 1 is 1.38 bits per heavy atom. The fourth-order valence-corrected chi connectivity index (χ4v) is 1.77. The summed E-state index contributed by atoms with van der Waals surface area (Å²) in [5.74, 6) is -0.722. The van der Waals surface area contributed by atoms with E-state index in [4.69, 9.17) is 0 Å². The zero-order chi connectivity index (χ0) is 12.5. The summed E-state index contributed by atoms with van der Waals surface area (Å²) in [5, 5.41) is 0. The molecule has 0 saturated carbocycles. The largest absolute Gasteiger partial charge is 0.573 e. The van der Waals surface area contributed by atoms with Gasteiger partial charge in [0.1, 0.15) is 5.75 Å². The van der Waals surface area contributed by atoms with Crippen molar-refractivity contribution in [3.63, 3.8) is 0 Å². The summed E-state index contributed by atoms with van der Waals surface area (Å²) in [6, 6.07) is 2.49. The normalized spacial score (nSPS) is 11.4. The average Bonchev–Trinajstić information content (AvgIpc) is 2.07. The lowest BCUT2D eigenvalue weighted by atomic mass is 10.1. The smallest absolute Gasteiger partial charge is 0.405 e. The Hall–Kier alpha value is -1.04. The maximum atomic E-state index is 12.0. The van der Waals surface area contributed by atoms with Gasteiger partial charge >= 0.3 is 6.36 Å². The molecule has 1 aromatic rings. The van der Waals surface area contributed by atoms with Gasteiger partial charge in [0.15, 0.2) is 5.78 Å². The number of ketones is 1. The van der Waals surface area contributed by atoms with Gasteiger partial charge in [-0.1, -0.05) is 0 Å².